The fraction of sp³-hybridized carbons (Fsp3) is 0.650. The Morgan fingerprint density at radius 2 is 2.20 bits per heavy atom. The number of guanidine groups is 1. The van der Waals surface area contributed by atoms with E-state index in [-0.39, 0.29) is 5.41 Å². The summed E-state index contributed by atoms with van der Waals surface area (Å²) in [6, 6.07) is 8.34. The minimum absolute atomic E-state index is 0.131. The van der Waals surface area contributed by atoms with Gasteiger partial charge in [0.15, 0.2) is 5.96 Å². The molecule has 5 nitrogen and oxygen atoms in total. The molecule has 1 atom stereocenters. The van der Waals surface area contributed by atoms with Crippen molar-refractivity contribution in [2.24, 2.45) is 10.9 Å². The van der Waals surface area contributed by atoms with Crippen molar-refractivity contribution in [3.8, 4) is 5.75 Å². The smallest absolute Gasteiger partial charge is 0.193 e. The highest BCUT2D eigenvalue weighted by atomic mass is 16.5. The minimum atomic E-state index is 0.131. The number of benzene rings is 1. The van der Waals surface area contributed by atoms with E-state index in [4.69, 9.17) is 9.47 Å². The molecule has 2 rings (SSSR count). The number of aliphatic imine (C=N–C) groups is 1. The van der Waals surface area contributed by atoms with Gasteiger partial charge in [0.05, 0.1) is 13.2 Å². The molecule has 25 heavy (non-hydrogen) atoms. The Labute approximate surface area is 152 Å². The van der Waals surface area contributed by atoms with Gasteiger partial charge in [-0.15, -0.1) is 0 Å². The first kappa shape index (κ1) is 19.6. The van der Waals surface area contributed by atoms with E-state index < -0.39 is 0 Å². The maximum atomic E-state index is 5.89. The van der Waals surface area contributed by atoms with E-state index in [1.54, 1.807) is 0 Å². The highest BCUT2D eigenvalue weighted by Gasteiger charge is 2.19. The molecule has 1 aliphatic heterocycles. The number of hydrogen-bond donors (Lipinski definition) is 1. The number of rotatable bonds is 6. The molecule has 0 amide bonds. The second-order valence-corrected chi connectivity index (χ2v) is 7.71. The van der Waals surface area contributed by atoms with E-state index in [2.05, 4.69) is 61.2 Å². The molecular weight excluding hydrogens is 314 g/mol. The van der Waals surface area contributed by atoms with Crippen molar-refractivity contribution in [3.05, 3.63) is 29.8 Å². The van der Waals surface area contributed by atoms with Crippen LogP contribution in [-0.2, 0) is 10.2 Å². The quantitative estimate of drug-likeness (QED) is 0.488. The molecule has 1 N–H and O–H groups in total. The van der Waals surface area contributed by atoms with Crippen molar-refractivity contribution in [2.75, 3.05) is 47.0 Å². The Kier molecular flexibility index (Phi) is 7.12. The topological polar surface area (TPSA) is 46.1 Å². The van der Waals surface area contributed by atoms with E-state index in [0.717, 1.165) is 44.4 Å². The molecule has 1 saturated heterocycles. The summed E-state index contributed by atoms with van der Waals surface area (Å²) < 4.78 is 11.3. The number of nitrogens with zero attached hydrogens (tertiary/aromatic N) is 2. The maximum Gasteiger partial charge on any atom is 0.193 e. The monoisotopic (exact) mass is 347 g/mol. The van der Waals surface area contributed by atoms with E-state index in [1.807, 2.05) is 13.1 Å². The zero-order chi connectivity index (χ0) is 18.3. The van der Waals surface area contributed by atoms with Crippen LogP contribution in [0.1, 0.15) is 32.8 Å². The molecule has 1 heterocycles. The van der Waals surface area contributed by atoms with Crippen LogP contribution in [0.15, 0.2) is 29.3 Å². The van der Waals surface area contributed by atoms with E-state index in [9.17, 15) is 0 Å². The highest BCUT2D eigenvalue weighted by Crippen LogP contribution is 2.25. The highest BCUT2D eigenvalue weighted by molar-refractivity contribution is 5.79. The van der Waals surface area contributed by atoms with E-state index in [1.165, 1.54) is 5.56 Å². The van der Waals surface area contributed by atoms with Crippen molar-refractivity contribution in [3.63, 3.8) is 0 Å². The summed E-state index contributed by atoms with van der Waals surface area (Å²) in [5, 5.41) is 3.37. The van der Waals surface area contributed by atoms with Crippen LogP contribution in [0.5, 0.6) is 5.75 Å². The number of ether oxygens (including phenoxy) is 2. The SMILES string of the molecule is CN=C(NCCOc1cccc(C(C)(C)C)c1)N(C)CC1CCOC1. The van der Waals surface area contributed by atoms with Gasteiger partial charge in [-0.3, -0.25) is 4.99 Å². The van der Waals surface area contributed by atoms with Crippen LogP contribution >= 0.6 is 0 Å². The van der Waals surface area contributed by atoms with Gasteiger partial charge in [-0.1, -0.05) is 32.9 Å². The number of nitrogens with one attached hydrogen (secondary N) is 1. The van der Waals surface area contributed by atoms with Gasteiger partial charge >= 0.3 is 0 Å². The normalized spacial score (nSPS) is 18.3. The van der Waals surface area contributed by atoms with Gasteiger partial charge in [0, 0.05) is 33.2 Å². The summed E-state index contributed by atoms with van der Waals surface area (Å²) in [6.07, 6.45) is 1.13. The molecule has 0 aromatic heterocycles. The van der Waals surface area contributed by atoms with Crippen LogP contribution in [0, 0.1) is 5.92 Å². The maximum absolute atomic E-state index is 5.89. The molecule has 0 saturated carbocycles. The van der Waals surface area contributed by atoms with Gasteiger partial charge in [0.2, 0.25) is 0 Å². The van der Waals surface area contributed by atoms with Crippen molar-refractivity contribution in [1.29, 1.82) is 0 Å². The summed E-state index contributed by atoms with van der Waals surface area (Å²) in [4.78, 5) is 6.52. The zero-order valence-corrected chi connectivity index (χ0v) is 16.3. The van der Waals surface area contributed by atoms with Crippen molar-refractivity contribution < 1.29 is 9.47 Å². The van der Waals surface area contributed by atoms with Gasteiger partial charge < -0.3 is 19.7 Å². The molecular formula is C20H33N3O2. The van der Waals surface area contributed by atoms with E-state index >= 15 is 0 Å². The van der Waals surface area contributed by atoms with Gasteiger partial charge in [-0.2, -0.15) is 0 Å². The summed E-state index contributed by atoms with van der Waals surface area (Å²) >= 11 is 0. The molecule has 0 spiro atoms. The first-order valence-electron chi connectivity index (χ1n) is 9.13. The summed E-state index contributed by atoms with van der Waals surface area (Å²) in [5.41, 5.74) is 1.42. The van der Waals surface area contributed by atoms with Gasteiger partial charge in [-0.05, 0) is 29.5 Å². The van der Waals surface area contributed by atoms with Crippen molar-refractivity contribution in [2.45, 2.75) is 32.6 Å². The molecule has 1 aromatic rings. The molecule has 1 fully saturated rings. The molecule has 0 radical (unpaired) electrons. The van der Waals surface area contributed by atoms with Crippen LogP contribution in [-0.4, -0.2) is 57.9 Å². The zero-order valence-electron chi connectivity index (χ0n) is 16.3. The summed E-state index contributed by atoms with van der Waals surface area (Å²) in [5.74, 6) is 2.42. The van der Waals surface area contributed by atoms with Gasteiger partial charge in [-0.25, -0.2) is 0 Å². The van der Waals surface area contributed by atoms with Crippen LogP contribution in [0.4, 0.5) is 0 Å². The molecule has 1 unspecified atom stereocenters. The fourth-order valence-corrected chi connectivity index (χ4v) is 2.97. The Balaban J connectivity index is 1.75. The second-order valence-electron chi connectivity index (χ2n) is 7.71. The van der Waals surface area contributed by atoms with Crippen LogP contribution < -0.4 is 10.1 Å². The average molecular weight is 348 g/mol. The predicted molar refractivity (Wildman–Crippen MR) is 104 cm³/mol. The van der Waals surface area contributed by atoms with Crippen molar-refractivity contribution >= 4 is 5.96 Å². The fourth-order valence-electron chi connectivity index (χ4n) is 2.97. The lowest BCUT2D eigenvalue weighted by atomic mass is 9.87. The van der Waals surface area contributed by atoms with Crippen molar-refractivity contribution in [1.82, 2.24) is 10.2 Å². The Hall–Kier alpha value is -1.75. The Bertz CT molecular complexity index is 560. The standard InChI is InChI=1S/C20H33N3O2/c1-20(2,3)17-7-6-8-18(13-17)25-12-10-22-19(21-4)23(5)14-16-9-11-24-15-16/h6-8,13,16H,9-12,14-15H2,1-5H3,(H,21,22). The van der Waals surface area contributed by atoms with Crippen LogP contribution in [0.3, 0.4) is 0 Å². The minimum Gasteiger partial charge on any atom is -0.492 e. The summed E-state index contributed by atoms with van der Waals surface area (Å²) in [7, 11) is 3.89. The number of hydrogen-bond acceptors (Lipinski definition) is 3. The van der Waals surface area contributed by atoms with Crippen LogP contribution in [0.25, 0.3) is 0 Å². The van der Waals surface area contributed by atoms with E-state index in [0.29, 0.717) is 12.5 Å². The molecule has 1 aliphatic rings. The third-order valence-electron chi connectivity index (χ3n) is 4.48. The molecule has 0 aliphatic carbocycles. The van der Waals surface area contributed by atoms with Crippen LogP contribution in [0.2, 0.25) is 0 Å². The Morgan fingerprint density at radius 1 is 1.40 bits per heavy atom. The lowest BCUT2D eigenvalue weighted by Crippen LogP contribution is -2.42. The van der Waals surface area contributed by atoms with Gasteiger partial charge in [0.25, 0.3) is 0 Å². The average Bonchev–Trinajstić information content (AvgIpc) is 3.07. The first-order valence-corrected chi connectivity index (χ1v) is 9.13. The predicted octanol–water partition coefficient (Wildman–Crippen LogP) is 2.91. The molecule has 140 valence electrons. The van der Waals surface area contributed by atoms with Gasteiger partial charge in [0.1, 0.15) is 12.4 Å². The largest absolute Gasteiger partial charge is 0.492 e. The molecule has 1 aromatic carbocycles. The first-order chi connectivity index (χ1) is 11.9. The molecule has 5 heteroatoms. The lowest BCUT2D eigenvalue weighted by Gasteiger charge is -2.24. The lowest BCUT2D eigenvalue weighted by molar-refractivity contribution is 0.181. The summed E-state index contributed by atoms with van der Waals surface area (Å²) in [6.45, 7) is 10.7. The third-order valence-corrected chi connectivity index (χ3v) is 4.48. The Morgan fingerprint density at radius 3 is 2.84 bits per heavy atom. The second kappa shape index (κ2) is 9.09. The molecule has 0 bridgehead atoms. The third kappa shape index (κ3) is 6.24.